The number of likely N-dealkylation sites (N-methyl/N-ethyl adjacent to an activating group) is 1. The number of anilines is 1. The minimum absolute atomic E-state index is 0.695. The third kappa shape index (κ3) is 4.71. The minimum atomic E-state index is 0.695. The zero-order valence-electron chi connectivity index (χ0n) is 15.5. The van der Waals surface area contributed by atoms with Gasteiger partial charge >= 0.3 is 0 Å². The van der Waals surface area contributed by atoms with Crippen molar-refractivity contribution in [2.24, 2.45) is 0 Å². The second-order valence-electron chi connectivity index (χ2n) is 6.73. The molecule has 0 radical (unpaired) electrons. The molecule has 0 saturated carbocycles. The van der Waals surface area contributed by atoms with Crippen LogP contribution in [0, 0.1) is 6.92 Å². The number of piperazine rings is 1. The lowest BCUT2D eigenvalue weighted by Gasteiger charge is -2.32. The smallest absolute Gasteiger partial charge is 0.141 e. The number of benzene rings is 1. The average Bonchev–Trinajstić information content (AvgIpc) is 2.63. The molecule has 0 bridgehead atoms. The maximum absolute atomic E-state index is 5.52. The summed E-state index contributed by atoms with van der Waals surface area (Å²) in [5, 5.41) is 3.49. The molecule has 5 heteroatoms. The van der Waals surface area contributed by atoms with Crippen LogP contribution in [-0.2, 0) is 13.1 Å². The highest BCUT2D eigenvalue weighted by molar-refractivity contribution is 5.58. The van der Waals surface area contributed by atoms with Crippen LogP contribution in [0.3, 0.4) is 0 Å². The Bertz CT molecular complexity index is 696. The summed E-state index contributed by atoms with van der Waals surface area (Å²) in [5.41, 5.74) is 4.60. The van der Waals surface area contributed by atoms with Gasteiger partial charge in [0, 0.05) is 38.9 Å². The minimum Gasteiger partial charge on any atom is -0.495 e. The van der Waals surface area contributed by atoms with Crippen LogP contribution in [0.15, 0.2) is 36.5 Å². The molecule has 3 rings (SSSR count). The van der Waals surface area contributed by atoms with Crippen molar-refractivity contribution < 1.29 is 4.74 Å². The third-order valence-electron chi connectivity index (χ3n) is 4.83. The van der Waals surface area contributed by atoms with Gasteiger partial charge in [0.1, 0.15) is 5.75 Å². The number of nitrogens with one attached hydrogen (secondary N) is 1. The lowest BCUT2D eigenvalue weighted by Crippen LogP contribution is -2.43. The van der Waals surface area contributed by atoms with Crippen LogP contribution in [0.4, 0.5) is 5.69 Å². The number of aryl methyl sites for hydroxylation is 1. The zero-order chi connectivity index (χ0) is 17.6. The molecule has 2 aromatic rings. The summed E-state index contributed by atoms with van der Waals surface area (Å²) in [6, 6.07) is 10.5. The summed E-state index contributed by atoms with van der Waals surface area (Å²) in [7, 11) is 3.90. The highest BCUT2D eigenvalue weighted by atomic mass is 16.5. The molecule has 1 aromatic heterocycles. The zero-order valence-corrected chi connectivity index (χ0v) is 15.5. The molecule has 0 spiro atoms. The number of ether oxygens (including phenoxy) is 1. The summed E-state index contributed by atoms with van der Waals surface area (Å²) in [6.07, 6.45) is 1.84. The largest absolute Gasteiger partial charge is 0.495 e. The molecule has 0 atom stereocenters. The van der Waals surface area contributed by atoms with Crippen molar-refractivity contribution in [3.63, 3.8) is 0 Å². The molecule has 1 aromatic carbocycles. The van der Waals surface area contributed by atoms with Crippen LogP contribution >= 0.6 is 0 Å². The summed E-state index contributed by atoms with van der Waals surface area (Å²) in [5.74, 6) is 0.871. The molecule has 0 aliphatic carbocycles. The Hall–Kier alpha value is -2.11. The van der Waals surface area contributed by atoms with Gasteiger partial charge in [-0.05, 0) is 43.3 Å². The van der Waals surface area contributed by atoms with E-state index in [4.69, 9.17) is 4.74 Å². The molecule has 1 N–H and O–H groups in total. The molecule has 1 fully saturated rings. The lowest BCUT2D eigenvalue weighted by atomic mass is 10.1. The Morgan fingerprint density at radius 3 is 2.68 bits per heavy atom. The number of rotatable bonds is 6. The molecule has 0 unspecified atom stereocenters. The van der Waals surface area contributed by atoms with Gasteiger partial charge in [0.2, 0.25) is 0 Å². The number of methoxy groups -OCH3 is 1. The van der Waals surface area contributed by atoms with Gasteiger partial charge in [-0.15, -0.1) is 0 Å². The van der Waals surface area contributed by atoms with Crippen LogP contribution < -0.4 is 10.1 Å². The van der Waals surface area contributed by atoms with E-state index < -0.39 is 0 Å². The Labute approximate surface area is 150 Å². The SMILES string of the molecule is COc1ccc(CN2CCN(C)CC2)cc1NCc1ncccc1C. The summed E-state index contributed by atoms with van der Waals surface area (Å²) >= 11 is 0. The third-order valence-corrected chi connectivity index (χ3v) is 4.83. The molecule has 134 valence electrons. The number of hydrogen-bond acceptors (Lipinski definition) is 5. The van der Waals surface area contributed by atoms with Crippen LogP contribution in [0.5, 0.6) is 5.75 Å². The molecule has 1 aliphatic heterocycles. The van der Waals surface area contributed by atoms with Crippen LogP contribution in [0.1, 0.15) is 16.8 Å². The van der Waals surface area contributed by atoms with Crippen LogP contribution in [-0.4, -0.2) is 55.1 Å². The van der Waals surface area contributed by atoms with Gasteiger partial charge in [-0.25, -0.2) is 0 Å². The number of pyridine rings is 1. The summed E-state index contributed by atoms with van der Waals surface area (Å²) in [4.78, 5) is 9.35. The quantitative estimate of drug-likeness (QED) is 0.876. The normalized spacial score (nSPS) is 16.0. The molecule has 25 heavy (non-hydrogen) atoms. The summed E-state index contributed by atoms with van der Waals surface area (Å²) in [6.45, 7) is 8.29. The predicted octanol–water partition coefficient (Wildman–Crippen LogP) is 2.76. The van der Waals surface area contributed by atoms with Crippen molar-refractivity contribution in [3.05, 3.63) is 53.3 Å². The molecule has 0 amide bonds. The topological polar surface area (TPSA) is 40.6 Å². The van der Waals surface area contributed by atoms with Gasteiger partial charge in [-0.2, -0.15) is 0 Å². The Morgan fingerprint density at radius 2 is 1.96 bits per heavy atom. The second-order valence-corrected chi connectivity index (χ2v) is 6.73. The first-order chi connectivity index (χ1) is 12.2. The van der Waals surface area contributed by atoms with E-state index in [9.17, 15) is 0 Å². The predicted molar refractivity (Wildman–Crippen MR) is 102 cm³/mol. The van der Waals surface area contributed by atoms with Crippen molar-refractivity contribution in [1.29, 1.82) is 0 Å². The first-order valence-electron chi connectivity index (χ1n) is 8.88. The maximum Gasteiger partial charge on any atom is 0.141 e. The van der Waals surface area contributed by atoms with E-state index in [0.29, 0.717) is 6.54 Å². The van der Waals surface area contributed by atoms with E-state index in [1.165, 1.54) is 11.1 Å². The number of aromatic nitrogens is 1. The number of hydrogen-bond donors (Lipinski definition) is 1. The number of nitrogens with zero attached hydrogens (tertiary/aromatic N) is 3. The lowest BCUT2D eigenvalue weighted by molar-refractivity contribution is 0.148. The molecule has 1 aliphatic rings. The average molecular weight is 340 g/mol. The Kier molecular flexibility index (Phi) is 5.89. The van der Waals surface area contributed by atoms with Gasteiger partial charge < -0.3 is 15.0 Å². The van der Waals surface area contributed by atoms with E-state index in [1.807, 2.05) is 12.3 Å². The van der Waals surface area contributed by atoms with E-state index in [0.717, 1.165) is 49.9 Å². The van der Waals surface area contributed by atoms with Gasteiger partial charge in [-0.3, -0.25) is 9.88 Å². The van der Waals surface area contributed by atoms with Gasteiger partial charge in [-0.1, -0.05) is 12.1 Å². The van der Waals surface area contributed by atoms with Crippen molar-refractivity contribution >= 4 is 5.69 Å². The standard InChI is InChI=1S/C20H28N4O/c1-16-5-4-8-21-19(16)14-22-18-13-17(6-7-20(18)25-3)15-24-11-9-23(2)10-12-24/h4-8,13,22H,9-12,14-15H2,1-3H3. The Balaban J connectivity index is 1.68. The maximum atomic E-state index is 5.52. The molecule has 5 nitrogen and oxygen atoms in total. The highest BCUT2D eigenvalue weighted by Gasteiger charge is 2.14. The van der Waals surface area contributed by atoms with Crippen molar-refractivity contribution in [2.75, 3.05) is 45.7 Å². The van der Waals surface area contributed by atoms with Gasteiger partial charge in [0.05, 0.1) is 25.0 Å². The van der Waals surface area contributed by atoms with Crippen molar-refractivity contribution in [3.8, 4) is 5.75 Å². The van der Waals surface area contributed by atoms with Crippen molar-refractivity contribution in [1.82, 2.24) is 14.8 Å². The van der Waals surface area contributed by atoms with Gasteiger partial charge in [0.15, 0.2) is 0 Å². The molecular formula is C20H28N4O. The molecule has 2 heterocycles. The fourth-order valence-electron chi connectivity index (χ4n) is 3.14. The monoisotopic (exact) mass is 340 g/mol. The van der Waals surface area contributed by atoms with E-state index in [-0.39, 0.29) is 0 Å². The fraction of sp³-hybridized carbons (Fsp3) is 0.450. The van der Waals surface area contributed by atoms with E-state index in [1.54, 1.807) is 7.11 Å². The van der Waals surface area contributed by atoms with Crippen LogP contribution in [0.2, 0.25) is 0 Å². The highest BCUT2D eigenvalue weighted by Crippen LogP contribution is 2.27. The van der Waals surface area contributed by atoms with Gasteiger partial charge in [0.25, 0.3) is 0 Å². The molecular weight excluding hydrogens is 312 g/mol. The molecule has 1 saturated heterocycles. The fourth-order valence-corrected chi connectivity index (χ4v) is 3.14. The van der Waals surface area contributed by atoms with Crippen molar-refractivity contribution in [2.45, 2.75) is 20.0 Å². The van der Waals surface area contributed by atoms with Crippen LogP contribution in [0.25, 0.3) is 0 Å². The van der Waals surface area contributed by atoms with E-state index in [2.05, 4.69) is 58.3 Å². The Morgan fingerprint density at radius 1 is 1.16 bits per heavy atom. The first kappa shape index (κ1) is 17.7. The summed E-state index contributed by atoms with van der Waals surface area (Å²) < 4.78 is 5.52. The second kappa shape index (κ2) is 8.32. The van der Waals surface area contributed by atoms with E-state index >= 15 is 0 Å². The first-order valence-corrected chi connectivity index (χ1v) is 8.88.